The van der Waals surface area contributed by atoms with Gasteiger partial charge in [0.15, 0.2) is 0 Å². The summed E-state index contributed by atoms with van der Waals surface area (Å²) < 4.78 is 0.834. The van der Waals surface area contributed by atoms with Crippen molar-refractivity contribution in [1.82, 2.24) is 4.98 Å². The van der Waals surface area contributed by atoms with E-state index in [1.807, 2.05) is 48.5 Å². The van der Waals surface area contributed by atoms with Gasteiger partial charge in [0, 0.05) is 16.7 Å². The van der Waals surface area contributed by atoms with Crippen molar-refractivity contribution in [1.29, 1.82) is 0 Å². The standard InChI is InChI=1S/C20H18BrN3O/c1-2-24(15-8-4-3-5-9-15)16-12-13-19(22-14-16)20(25)23-18-11-7-6-10-17(18)21/h3-14H,2H2,1H3,(H,23,25). The highest BCUT2D eigenvalue weighted by atomic mass is 79.9. The van der Waals surface area contributed by atoms with Crippen molar-refractivity contribution in [3.63, 3.8) is 0 Å². The summed E-state index contributed by atoms with van der Waals surface area (Å²) >= 11 is 3.42. The lowest BCUT2D eigenvalue weighted by atomic mass is 10.2. The third-order valence-corrected chi connectivity index (χ3v) is 4.49. The number of anilines is 3. The Kier molecular flexibility index (Phi) is 5.46. The van der Waals surface area contributed by atoms with Crippen LogP contribution in [-0.2, 0) is 0 Å². The van der Waals surface area contributed by atoms with Gasteiger partial charge in [-0.15, -0.1) is 0 Å². The average Bonchev–Trinajstić information content (AvgIpc) is 2.66. The van der Waals surface area contributed by atoms with Gasteiger partial charge in [0.1, 0.15) is 5.69 Å². The highest BCUT2D eigenvalue weighted by Crippen LogP contribution is 2.25. The summed E-state index contributed by atoms with van der Waals surface area (Å²) in [7, 11) is 0. The number of benzene rings is 2. The van der Waals surface area contributed by atoms with E-state index >= 15 is 0 Å². The van der Waals surface area contributed by atoms with Gasteiger partial charge in [-0.3, -0.25) is 4.79 Å². The molecule has 0 aliphatic heterocycles. The van der Waals surface area contributed by atoms with Crippen LogP contribution in [0.2, 0.25) is 0 Å². The number of amides is 1. The number of rotatable bonds is 5. The number of aromatic nitrogens is 1. The number of hydrogen-bond acceptors (Lipinski definition) is 3. The summed E-state index contributed by atoms with van der Waals surface area (Å²) in [5.41, 5.74) is 3.14. The Morgan fingerprint density at radius 1 is 1.00 bits per heavy atom. The first kappa shape index (κ1) is 17.2. The maximum absolute atomic E-state index is 12.4. The van der Waals surface area contributed by atoms with Gasteiger partial charge in [0.05, 0.1) is 17.6 Å². The van der Waals surface area contributed by atoms with Crippen molar-refractivity contribution >= 4 is 38.9 Å². The lowest BCUT2D eigenvalue weighted by Gasteiger charge is -2.23. The molecule has 0 aliphatic carbocycles. The van der Waals surface area contributed by atoms with Crippen LogP contribution in [0, 0.1) is 0 Å². The van der Waals surface area contributed by atoms with Gasteiger partial charge in [0.25, 0.3) is 5.91 Å². The monoisotopic (exact) mass is 395 g/mol. The van der Waals surface area contributed by atoms with E-state index in [4.69, 9.17) is 0 Å². The smallest absolute Gasteiger partial charge is 0.274 e. The van der Waals surface area contributed by atoms with Gasteiger partial charge in [-0.25, -0.2) is 4.98 Å². The molecule has 0 fully saturated rings. The van der Waals surface area contributed by atoms with Crippen LogP contribution >= 0.6 is 15.9 Å². The molecule has 1 N–H and O–H groups in total. The fraction of sp³-hybridized carbons (Fsp3) is 0.100. The van der Waals surface area contributed by atoms with E-state index in [-0.39, 0.29) is 5.91 Å². The molecule has 1 amide bonds. The van der Waals surface area contributed by atoms with Crippen LogP contribution in [0.3, 0.4) is 0 Å². The summed E-state index contributed by atoms with van der Waals surface area (Å²) in [5, 5.41) is 2.86. The quantitative estimate of drug-likeness (QED) is 0.640. The number of hydrogen-bond donors (Lipinski definition) is 1. The number of halogens is 1. The Labute approximate surface area is 155 Å². The first-order valence-electron chi connectivity index (χ1n) is 8.03. The molecule has 0 spiro atoms. The Morgan fingerprint density at radius 2 is 1.72 bits per heavy atom. The van der Waals surface area contributed by atoms with Crippen LogP contribution in [0.5, 0.6) is 0 Å². The highest BCUT2D eigenvalue weighted by molar-refractivity contribution is 9.10. The lowest BCUT2D eigenvalue weighted by Crippen LogP contribution is -2.18. The maximum Gasteiger partial charge on any atom is 0.274 e. The second kappa shape index (κ2) is 7.94. The van der Waals surface area contributed by atoms with Crippen LogP contribution < -0.4 is 10.2 Å². The Hall–Kier alpha value is -2.66. The molecule has 0 aliphatic rings. The fourth-order valence-corrected chi connectivity index (χ4v) is 2.94. The molecule has 0 saturated heterocycles. The number of nitrogens with zero attached hydrogens (tertiary/aromatic N) is 2. The van der Waals surface area contributed by atoms with Gasteiger partial charge >= 0.3 is 0 Å². The van der Waals surface area contributed by atoms with Gasteiger partial charge < -0.3 is 10.2 Å². The number of carbonyl (C=O) groups is 1. The van der Waals surface area contributed by atoms with Crippen molar-refractivity contribution in [3.05, 3.63) is 83.1 Å². The van der Waals surface area contributed by atoms with Gasteiger partial charge in [-0.1, -0.05) is 30.3 Å². The van der Waals surface area contributed by atoms with Gasteiger partial charge in [-0.05, 0) is 59.3 Å². The molecule has 126 valence electrons. The Bertz CT molecular complexity index is 850. The first-order chi connectivity index (χ1) is 12.2. The fourth-order valence-electron chi connectivity index (χ4n) is 2.55. The molecule has 2 aromatic carbocycles. The minimum absolute atomic E-state index is 0.235. The molecule has 0 unspecified atom stereocenters. The average molecular weight is 396 g/mol. The summed E-state index contributed by atoms with van der Waals surface area (Å²) in [6.45, 7) is 2.90. The summed E-state index contributed by atoms with van der Waals surface area (Å²) in [5.74, 6) is -0.235. The van der Waals surface area contributed by atoms with Crippen LogP contribution in [0.4, 0.5) is 17.1 Å². The normalized spacial score (nSPS) is 10.3. The van der Waals surface area contributed by atoms with Crippen LogP contribution in [0.15, 0.2) is 77.4 Å². The largest absolute Gasteiger partial charge is 0.341 e. The molecule has 0 bridgehead atoms. The molecule has 3 rings (SSSR count). The number of nitrogens with one attached hydrogen (secondary N) is 1. The van der Waals surface area contributed by atoms with Crippen molar-refractivity contribution in [2.45, 2.75) is 6.92 Å². The molecule has 3 aromatic rings. The molecule has 25 heavy (non-hydrogen) atoms. The third kappa shape index (κ3) is 4.06. The molecule has 4 nitrogen and oxygen atoms in total. The molecular weight excluding hydrogens is 378 g/mol. The third-order valence-electron chi connectivity index (χ3n) is 3.80. The second-order valence-corrected chi connectivity index (χ2v) is 6.27. The van der Waals surface area contributed by atoms with Gasteiger partial charge in [-0.2, -0.15) is 0 Å². The minimum atomic E-state index is -0.235. The van der Waals surface area contributed by atoms with Crippen molar-refractivity contribution in [2.24, 2.45) is 0 Å². The second-order valence-electron chi connectivity index (χ2n) is 5.42. The number of pyridine rings is 1. The minimum Gasteiger partial charge on any atom is -0.341 e. The van der Waals surface area contributed by atoms with Crippen LogP contribution in [-0.4, -0.2) is 17.4 Å². The van der Waals surface area contributed by atoms with E-state index in [9.17, 15) is 4.79 Å². The van der Waals surface area contributed by atoms with E-state index in [0.29, 0.717) is 5.69 Å². The highest BCUT2D eigenvalue weighted by Gasteiger charge is 2.12. The predicted molar refractivity (Wildman–Crippen MR) is 105 cm³/mol. The van der Waals surface area contributed by atoms with E-state index < -0.39 is 0 Å². The molecule has 1 heterocycles. The van der Waals surface area contributed by atoms with Crippen molar-refractivity contribution in [3.8, 4) is 0 Å². The van der Waals surface area contributed by atoms with E-state index in [0.717, 1.165) is 28.1 Å². The van der Waals surface area contributed by atoms with E-state index in [2.05, 4.69) is 50.2 Å². The predicted octanol–water partition coefficient (Wildman–Crippen LogP) is 5.25. The summed E-state index contributed by atoms with van der Waals surface area (Å²) in [4.78, 5) is 18.9. The molecular formula is C20H18BrN3O. The van der Waals surface area contributed by atoms with E-state index in [1.54, 1.807) is 12.3 Å². The van der Waals surface area contributed by atoms with Gasteiger partial charge in [0.2, 0.25) is 0 Å². The Balaban J connectivity index is 1.77. The number of carbonyl (C=O) groups excluding carboxylic acids is 1. The van der Waals surface area contributed by atoms with Crippen molar-refractivity contribution < 1.29 is 4.79 Å². The zero-order valence-electron chi connectivity index (χ0n) is 13.8. The lowest BCUT2D eigenvalue weighted by molar-refractivity contribution is 0.102. The topological polar surface area (TPSA) is 45.2 Å². The SMILES string of the molecule is CCN(c1ccccc1)c1ccc(C(=O)Nc2ccccc2Br)nc1. The zero-order chi connectivity index (χ0) is 17.6. The van der Waals surface area contributed by atoms with Crippen LogP contribution in [0.1, 0.15) is 17.4 Å². The molecule has 5 heteroatoms. The maximum atomic E-state index is 12.4. The Morgan fingerprint density at radius 3 is 2.36 bits per heavy atom. The molecule has 0 atom stereocenters. The van der Waals surface area contributed by atoms with Crippen LogP contribution in [0.25, 0.3) is 0 Å². The first-order valence-corrected chi connectivity index (χ1v) is 8.83. The molecule has 0 saturated carbocycles. The molecule has 0 radical (unpaired) electrons. The summed E-state index contributed by atoms with van der Waals surface area (Å²) in [6.07, 6.45) is 1.73. The van der Waals surface area contributed by atoms with E-state index in [1.165, 1.54) is 0 Å². The zero-order valence-corrected chi connectivity index (χ0v) is 15.4. The summed E-state index contributed by atoms with van der Waals surface area (Å²) in [6, 6.07) is 21.3. The molecule has 1 aromatic heterocycles. The van der Waals surface area contributed by atoms with Crippen molar-refractivity contribution in [2.75, 3.05) is 16.8 Å². The number of para-hydroxylation sites is 2.